The average Bonchev–Trinajstić information content (AvgIpc) is 2.35. The van der Waals surface area contributed by atoms with Crippen molar-refractivity contribution in [3.63, 3.8) is 0 Å². The second-order valence-corrected chi connectivity index (χ2v) is 5.63. The molecule has 1 aromatic carbocycles. The number of halogens is 1. The first kappa shape index (κ1) is 16.4. The smallest absolute Gasteiger partial charge is 0.408 e. The number of alkyl carbamates (subject to hydrolysis) is 1. The van der Waals surface area contributed by atoms with Crippen molar-refractivity contribution in [2.75, 3.05) is 6.54 Å². The molecule has 0 aromatic heterocycles. The number of rotatable bonds is 5. The van der Waals surface area contributed by atoms with Crippen molar-refractivity contribution >= 4 is 6.09 Å². The summed E-state index contributed by atoms with van der Waals surface area (Å²) in [6, 6.07) is 8.22. The third-order valence-electron chi connectivity index (χ3n) is 2.64. The van der Waals surface area contributed by atoms with E-state index in [9.17, 15) is 9.18 Å². The van der Waals surface area contributed by atoms with Crippen LogP contribution in [-0.4, -0.2) is 24.4 Å². The van der Waals surface area contributed by atoms with E-state index in [4.69, 9.17) is 10.5 Å². The maximum atomic E-state index is 14.2. The largest absolute Gasteiger partial charge is 0.444 e. The molecule has 3 N–H and O–H groups in total. The number of nitrogens with two attached hydrogens (primary N) is 1. The molecule has 20 heavy (non-hydrogen) atoms. The van der Waals surface area contributed by atoms with Crippen LogP contribution in [0.5, 0.6) is 0 Å². The summed E-state index contributed by atoms with van der Waals surface area (Å²) in [4.78, 5) is 11.8. The number of ether oxygens (including phenoxy) is 1. The van der Waals surface area contributed by atoms with E-state index in [-0.39, 0.29) is 13.0 Å². The Hall–Kier alpha value is -1.62. The van der Waals surface area contributed by atoms with Gasteiger partial charge in [0.1, 0.15) is 11.8 Å². The van der Waals surface area contributed by atoms with Crippen LogP contribution in [0.2, 0.25) is 0 Å². The Morgan fingerprint density at radius 2 is 1.95 bits per heavy atom. The SMILES string of the molecule is CC(C)(C)OC(=O)NC(c1ccccc1)C(F)CCN. The summed E-state index contributed by atoms with van der Waals surface area (Å²) in [5, 5.41) is 2.58. The van der Waals surface area contributed by atoms with Crippen LogP contribution in [0, 0.1) is 0 Å². The van der Waals surface area contributed by atoms with Gasteiger partial charge in [-0.3, -0.25) is 0 Å². The zero-order valence-electron chi connectivity index (χ0n) is 12.2. The third kappa shape index (κ3) is 5.57. The number of hydrogen-bond donors (Lipinski definition) is 2. The Morgan fingerprint density at radius 3 is 2.45 bits per heavy atom. The highest BCUT2D eigenvalue weighted by Crippen LogP contribution is 2.22. The molecular formula is C15H23FN2O2. The van der Waals surface area contributed by atoms with Gasteiger partial charge in [-0.1, -0.05) is 30.3 Å². The number of carbonyl (C=O) groups is 1. The summed E-state index contributed by atoms with van der Waals surface area (Å²) >= 11 is 0. The summed E-state index contributed by atoms with van der Waals surface area (Å²) in [5.74, 6) is 0. The molecule has 0 aliphatic heterocycles. The van der Waals surface area contributed by atoms with E-state index in [2.05, 4.69) is 5.32 Å². The summed E-state index contributed by atoms with van der Waals surface area (Å²) in [6.45, 7) is 5.51. The van der Waals surface area contributed by atoms with Crippen LogP contribution in [0.1, 0.15) is 38.8 Å². The lowest BCUT2D eigenvalue weighted by Gasteiger charge is -2.25. The topological polar surface area (TPSA) is 64.3 Å². The van der Waals surface area contributed by atoms with Gasteiger partial charge in [-0.25, -0.2) is 9.18 Å². The molecule has 0 fully saturated rings. The fraction of sp³-hybridized carbons (Fsp3) is 0.533. The highest BCUT2D eigenvalue weighted by atomic mass is 19.1. The van der Waals surface area contributed by atoms with E-state index < -0.39 is 23.9 Å². The summed E-state index contributed by atoms with van der Waals surface area (Å²) in [6.07, 6.45) is -1.71. The van der Waals surface area contributed by atoms with Gasteiger partial charge in [0.05, 0.1) is 6.04 Å². The van der Waals surface area contributed by atoms with Gasteiger partial charge < -0.3 is 15.8 Å². The molecule has 0 heterocycles. The van der Waals surface area contributed by atoms with Crippen LogP contribution in [-0.2, 0) is 4.74 Å². The average molecular weight is 282 g/mol. The molecule has 112 valence electrons. The number of amides is 1. The van der Waals surface area contributed by atoms with Gasteiger partial charge in [-0.15, -0.1) is 0 Å². The summed E-state index contributed by atoms with van der Waals surface area (Å²) in [7, 11) is 0. The molecule has 1 aromatic rings. The van der Waals surface area contributed by atoms with Crippen LogP contribution in [0.15, 0.2) is 30.3 Å². The first-order valence-corrected chi connectivity index (χ1v) is 6.72. The van der Waals surface area contributed by atoms with E-state index in [1.54, 1.807) is 45.0 Å². The molecule has 0 aliphatic rings. The van der Waals surface area contributed by atoms with Crippen molar-refractivity contribution in [3.8, 4) is 0 Å². The Labute approximate surface area is 119 Å². The van der Waals surface area contributed by atoms with Gasteiger partial charge in [-0.05, 0) is 39.3 Å². The number of benzene rings is 1. The first-order valence-electron chi connectivity index (χ1n) is 6.72. The molecule has 2 unspecified atom stereocenters. The lowest BCUT2D eigenvalue weighted by atomic mass is 10.0. The standard InChI is InChI=1S/C15H23FN2O2/c1-15(2,3)20-14(19)18-13(12(16)9-10-17)11-7-5-4-6-8-11/h4-8,12-13H,9-10,17H2,1-3H3,(H,18,19). The molecule has 0 saturated carbocycles. The van der Waals surface area contributed by atoms with Gasteiger partial charge in [0.2, 0.25) is 0 Å². The molecule has 4 nitrogen and oxygen atoms in total. The minimum absolute atomic E-state index is 0.176. The highest BCUT2D eigenvalue weighted by Gasteiger charge is 2.26. The lowest BCUT2D eigenvalue weighted by molar-refractivity contribution is 0.0470. The predicted molar refractivity (Wildman–Crippen MR) is 77.1 cm³/mol. The lowest BCUT2D eigenvalue weighted by Crippen LogP contribution is -2.39. The maximum absolute atomic E-state index is 14.2. The van der Waals surface area contributed by atoms with Gasteiger partial charge in [-0.2, -0.15) is 0 Å². The van der Waals surface area contributed by atoms with Gasteiger partial charge in [0.25, 0.3) is 0 Å². The Balaban J connectivity index is 2.81. The zero-order chi connectivity index (χ0) is 15.2. The number of hydrogen-bond acceptors (Lipinski definition) is 3. The second kappa shape index (κ2) is 7.24. The Bertz CT molecular complexity index is 418. The third-order valence-corrected chi connectivity index (χ3v) is 2.64. The van der Waals surface area contributed by atoms with E-state index in [1.807, 2.05) is 6.07 Å². The van der Waals surface area contributed by atoms with Crippen LogP contribution in [0.25, 0.3) is 0 Å². The van der Waals surface area contributed by atoms with Crippen molar-refractivity contribution in [3.05, 3.63) is 35.9 Å². The van der Waals surface area contributed by atoms with E-state index in [0.29, 0.717) is 5.56 Å². The second-order valence-electron chi connectivity index (χ2n) is 5.63. The number of alkyl halides is 1. The quantitative estimate of drug-likeness (QED) is 0.872. The molecule has 5 heteroatoms. The normalized spacial score (nSPS) is 14.4. The Kier molecular flexibility index (Phi) is 5.95. The van der Waals surface area contributed by atoms with E-state index in [1.165, 1.54) is 0 Å². The molecule has 0 radical (unpaired) electrons. The molecule has 0 aliphatic carbocycles. The number of nitrogens with one attached hydrogen (secondary N) is 1. The Morgan fingerprint density at radius 1 is 1.35 bits per heavy atom. The van der Waals surface area contributed by atoms with Crippen molar-refractivity contribution in [1.82, 2.24) is 5.32 Å². The monoisotopic (exact) mass is 282 g/mol. The highest BCUT2D eigenvalue weighted by molar-refractivity contribution is 5.68. The zero-order valence-corrected chi connectivity index (χ0v) is 12.2. The molecule has 0 saturated heterocycles. The summed E-state index contributed by atoms with van der Waals surface area (Å²) < 4.78 is 19.4. The van der Waals surface area contributed by atoms with E-state index >= 15 is 0 Å². The van der Waals surface area contributed by atoms with Crippen LogP contribution in [0.4, 0.5) is 9.18 Å². The van der Waals surface area contributed by atoms with Crippen molar-refractivity contribution in [2.24, 2.45) is 5.73 Å². The van der Waals surface area contributed by atoms with Crippen molar-refractivity contribution in [1.29, 1.82) is 0 Å². The van der Waals surface area contributed by atoms with Crippen molar-refractivity contribution in [2.45, 2.75) is 45.0 Å². The maximum Gasteiger partial charge on any atom is 0.408 e. The van der Waals surface area contributed by atoms with Gasteiger partial charge in [0.15, 0.2) is 0 Å². The van der Waals surface area contributed by atoms with Crippen LogP contribution in [0.3, 0.4) is 0 Å². The minimum Gasteiger partial charge on any atom is -0.444 e. The van der Waals surface area contributed by atoms with Crippen LogP contribution < -0.4 is 11.1 Å². The molecule has 1 rings (SSSR count). The van der Waals surface area contributed by atoms with Gasteiger partial charge in [0, 0.05) is 0 Å². The molecule has 2 atom stereocenters. The minimum atomic E-state index is -1.25. The summed E-state index contributed by atoms with van der Waals surface area (Å²) in [5.41, 5.74) is 5.47. The number of carbonyl (C=O) groups excluding carboxylic acids is 1. The molecule has 0 bridgehead atoms. The first-order chi connectivity index (χ1) is 9.33. The van der Waals surface area contributed by atoms with Crippen molar-refractivity contribution < 1.29 is 13.9 Å². The van der Waals surface area contributed by atoms with E-state index in [0.717, 1.165) is 0 Å². The molecule has 0 spiro atoms. The molecular weight excluding hydrogens is 259 g/mol. The molecule has 1 amide bonds. The predicted octanol–water partition coefficient (Wildman–Crippen LogP) is 2.94. The fourth-order valence-corrected chi connectivity index (χ4v) is 1.80. The van der Waals surface area contributed by atoms with Gasteiger partial charge >= 0.3 is 6.09 Å². The van der Waals surface area contributed by atoms with Crippen LogP contribution >= 0.6 is 0 Å². The fourth-order valence-electron chi connectivity index (χ4n) is 1.80.